The number of carbonyl (C=O) groups is 3. The van der Waals surface area contributed by atoms with Gasteiger partial charge in [-0.2, -0.15) is 0 Å². The SMILES string of the molecule is CC(C)C(=O)Nc1cccc(N2CC(C(=O)O)CC2=O)c1. The third kappa shape index (κ3) is 3.39. The minimum atomic E-state index is -0.963. The quantitative estimate of drug-likeness (QED) is 0.884. The van der Waals surface area contributed by atoms with Crippen LogP contribution in [0.15, 0.2) is 24.3 Å². The van der Waals surface area contributed by atoms with Crippen LogP contribution in [0, 0.1) is 11.8 Å². The molecule has 2 rings (SSSR count). The summed E-state index contributed by atoms with van der Waals surface area (Å²) in [5.74, 6) is -2.10. The Morgan fingerprint density at radius 1 is 1.38 bits per heavy atom. The van der Waals surface area contributed by atoms with Crippen molar-refractivity contribution < 1.29 is 19.5 Å². The number of hydrogen-bond donors (Lipinski definition) is 2. The fourth-order valence-corrected chi connectivity index (χ4v) is 2.16. The second-order valence-electron chi connectivity index (χ2n) is 5.44. The summed E-state index contributed by atoms with van der Waals surface area (Å²) in [4.78, 5) is 36.0. The van der Waals surface area contributed by atoms with Crippen LogP contribution in [0.1, 0.15) is 20.3 Å². The molecule has 0 bridgehead atoms. The molecule has 1 saturated heterocycles. The maximum absolute atomic E-state index is 11.9. The summed E-state index contributed by atoms with van der Waals surface area (Å²) in [6, 6.07) is 6.88. The van der Waals surface area contributed by atoms with E-state index in [-0.39, 0.29) is 30.7 Å². The van der Waals surface area contributed by atoms with Crippen LogP contribution in [0.2, 0.25) is 0 Å². The Morgan fingerprint density at radius 3 is 2.67 bits per heavy atom. The van der Waals surface area contributed by atoms with E-state index in [0.717, 1.165) is 0 Å². The van der Waals surface area contributed by atoms with Gasteiger partial charge in [-0.1, -0.05) is 19.9 Å². The predicted octanol–water partition coefficient (Wildman–Crippen LogP) is 1.72. The van der Waals surface area contributed by atoms with Crippen molar-refractivity contribution in [2.24, 2.45) is 11.8 Å². The van der Waals surface area contributed by atoms with Crippen LogP contribution in [0.5, 0.6) is 0 Å². The van der Waals surface area contributed by atoms with Crippen LogP contribution >= 0.6 is 0 Å². The fourth-order valence-electron chi connectivity index (χ4n) is 2.16. The number of benzene rings is 1. The average molecular weight is 290 g/mol. The minimum Gasteiger partial charge on any atom is -0.481 e. The summed E-state index contributed by atoms with van der Waals surface area (Å²) in [6.07, 6.45) is 0.0118. The zero-order chi connectivity index (χ0) is 15.6. The van der Waals surface area contributed by atoms with E-state index in [2.05, 4.69) is 5.32 Å². The Morgan fingerprint density at radius 2 is 2.10 bits per heavy atom. The molecule has 0 radical (unpaired) electrons. The predicted molar refractivity (Wildman–Crippen MR) is 78.0 cm³/mol. The Hall–Kier alpha value is -2.37. The summed E-state index contributed by atoms with van der Waals surface area (Å²) < 4.78 is 0. The zero-order valence-corrected chi connectivity index (χ0v) is 12.0. The summed E-state index contributed by atoms with van der Waals surface area (Å²) in [5.41, 5.74) is 1.20. The first-order chi connectivity index (χ1) is 9.88. The number of carboxylic acids is 1. The first kappa shape index (κ1) is 15.0. The molecule has 1 aromatic carbocycles. The molecule has 1 unspecified atom stereocenters. The van der Waals surface area contributed by atoms with Crippen molar-refractivity contribution in [1.82, 2.24) is 0 Å². The Bertz CT molecular complexity index is 583. The molecular weight excluding hydrogens is 272 g/mol. The molecule has 21 heavy (non-hydrogen) atoms. The number of anilines is 2. The lowest BCUT2D eigenvalue weighted by molar-refractivity contribution is -0.141. The minimum absolute atomic E-state index is 0.0118. The van der Waals surface area contributed by atoms with Crippen LogP contribution in [-0.4, -0.2) is 29.4 Å². The lowest BCUT2D eigenvalue weighted by Gasteiger charge is -2.17. The molecule has 112 valence electrons. The second-order valence-corrected chi connectivity index (χ2v) is 5.44. The van der Waals surface area contributed by atoms with Gasteiger partial charge in [0.1, 0.15) is 0 Å². The van der Waals surface area contributed by atoms with Crippen molar-refractivity contribution in [2.75, 3.05) is 16.8 Å². The van der Waals surface area contributed by atoms with E-state index in [0.29, 0.717) is 11.4 Å². The van der Waals surface area contributed by atoms with E-state index in [1.165, 1.54) is 4.90 Å². The van der Waals surface area contributed by atoms with Gasteiger partial charge in [0.25, 0.3) is 0 Å². The number of hydrogen-bond acceptors (Lipinski definition) is 3. The molecule has 6 nitrogen and oxygen atoms in total. The van der Waals surface area contributed by atoms with Crippen LogP contribution in [0.25, 0.3) is 0 Å². The highest BCUT2D eigenvalue weighted by Gasteiger charge is 2.35. The van der Waals surface area contributed by atoms with Crippen molar-refractivity contribution in [3.05, 3.63) is 24.3 Å². The lowest BCUT2D eigenvalue weighted by Crippen LogP contribution is -2.26. The van der Waals surface area contributed by atoms with Gasteiger partial charge in [-0.15, -0.1) is 0 Å². The van der Waals surface area contributed by atoms with Crippen molar-refractivity contribution >= 4 is 29.2 Å². The summed E-state index contributed by atoms with van der Waals surface area (Å²) >= 11 is 0. The molecule has 1 atom stereocenters. The maximum Gasteiger partial charge on any atom is 0.308 e. The fraction of sp³-hybridized carbons (Fsp3) is 0.400. The maximum atomic E-state index is 11.9. The molecule has 2 N–H and O–H groups in total. The molecule has 0 aliphatic carbocycles. The van der Waals surface area contributed by atoms with E-state index in [1.54, 1.807) is 38.1 Å². The van der Waals surface area contributed by atoms with Gasteiger partial charge in [0.15, 0.2) is 0 Å². The largest absolute Gasteiger partial charge is 0.481 e. The highest BCUT2D eigenvalue weighted by atomic mass is 16.4. The molecule has 1 aliphatic heterocycles. The molecule has 6 heteroatoms. The molecule has 0 aromatic heterocycles. The lowest BCUT2D eigenvalue weighted by atomic mass is 10.1. The first-order valence-corrected chi connectivity index (χ1v) is 6.82. The Labute approximate surface area is 122 Å². The van der Waals surface area contributed by atoms with Gasteiger partial charge >= 0.3 is 5.97 Å². The van der Waals surface area contributed by atoms with Crippen LogP contribution in [0.3, 0.4) is 0 Å². The Balaban J connectivity index is 2.16. The number of amides is 2. The summed E-state index contributed by atoms with van der Waals surface area (Å²) in [7, 11) is 0. The van der Waals surface area contributed by atoms with Crippen molar-refractivity contribution in [3.8, 4) is 0 Å². The number of carbonyl (C=O) groups excluding carboxylic acids is 2. The molecule has 1 heterocycles. The number of carboxylic acid groups (broad SMARTS) is 1. The topological polar surface area (TPSA) is 86.7 Å². The van der Waals surface area contributed by atoms with Crippen molar-refractivity contribution in [3.63, 3.8) is 0 Å². The van der Waals surface area contributed by atoms with E-state index in [4.69, 9.17) is 5.11 Å². The van der Waals surface area contributed by atoms with Gasteiger partial charge in [-0.3, -0.25) is 14.4 Å². The monoisotopic (exact) mass is 290 g/mol. The van der Waals surface area contributed by atoms with Gasteiger partial charge in [-0.25, -0.2) is 0 Å². The zero-order valence-electron chi connectivity index (χ0n) is 12.0. The van der Waals surface area contributed by atoms with E-state index in [9.17, 15) is 14.4 Å². The van der Waals surface area contributed by atoms with E-state index >= 15 is 0 Å². The molecule has 1 fully saturated rings. The number of aliphatic carboxylic acids is 1. The Kier molecular flexibility index (Phi) is 4.26. The van der Waals surface area contributed by atoms with E-state index < -0.39 is 11.9 Å². The van der Waals surface area contributed by atoms with Crippen LogP contribution in [0.4, 0.5) is 11.4 Å². The molecule has 1 aromatic rings. The van der Waals surface area contributed by atoms with Gasteiger partial charge in [0, 0.05) is 30.3 Å². The third-order valence-corrected chi connectivity index (χ3v) is 3.42. The second kappa shape index (κ2) is 5.95. The number of nitrogens with one attached hydrogen (secondary N) is 1. The molecule has 2 amide bonds. The molecular formula is C15H18N2O4. The average Bonchev–Trinajstić information content (AvgIpc) is 2.81. The number of rotatable bonds is 4. The van der Waals surface area contributed by atoms with Crippen LogP contribution in [-0.2, 0) is 14.4 Å². The highest BCUT2D eigenvalue weighted by molar-refractivity contribution is 6.00. The third-order valence-electron chi connectivity index (χ3n) is 3.42. The summed E-state index contributed by atoms with van der Waals surface area (Å²) in [5, 5.41) is 11.8. The molecule has 0 spiro atoms. The van der Waals surface area contributed by atoms with Gasteiger partial charge in [0.2, 0.25) is 11.8 Å². The smallest absolute Gasteiger partial charge is 0.308 e. The van der Waals surface area contributed by atoms with Gasteiger partial charge in [0.05, 0.1) is 5.92 Å². The van der Waals surface area contributed by atoms with Crippen molar-refractivity contribution in [2.45, 2.75) is 20.3 Å². The standard InChI is InChI=1S/C15H18N2O4/c1-9(2)14(19)16-11-4-3-5-12(7-11)17-8-10(15(20)21)6-13(17)18/h3-5,7,9-10H,6,8H2,1-2H3,(H,16,19)(H,20,21). The molecule has 1 aliphatic rings. The molecule has 0 saturated carbocycles. The van der Waals surface area contributed by atoms with Gasteiger partial charge in [-0.05, 0) is 18.2 Å². The first-order valence-electron chi connectivity index (χ1n) is 6.82. The van der Waals surface area contributed by atoms with Crippen molar-refractivity contribution in [1.29, 1.82) is 0 Å². The summed E-state index contributed by atoms with van der Waals surface area (Å²) in [6.45, 7) is 3.75. The normalized spacial score (nSPS) is 18.1. The van der Waals surface area contributed by atoms with Gasteiger partial charge < -0.3 is 15.3 Å². The number of nitrogens with zero attached hydrogens (tertiary/aromatic N) is 1. The van der Waals surface area contributed by atoms with E-state index in [1.807, 2.05) is 0 Å². The van der Waals surface area contributed by atoms with Crippen LogP contribution < -0.4 is 10.2 Å². The highest BCUT2D eigenvalue weighted by Crippen LogP contribution is 2.27.